The molecule has 21 heavy (non-hydrogen) atoms. The number of ether oxygens (including phenoxy) is 2. The van der Waals surface area contributed by atoms with Crippen molar-refractivity contribution in [2.24, 2.45) is 5.92 Å². The zero-order chi connectivity index (χ0) is 15.6. The van der Waals surface area contributed by atoms with Crippen molar-refractivity contribution in [1.29, 1.82) is 0 Å². The molecule has 1 aliphatic carbocycles. The van der Waals surface area contributed by atoms with E-state index in [9.17, 15) is 14.0 Å². The summed E-state index contributed by atoms with van der Waals surface area (Å²) in [7, 11) is 2.46. The van der Waals surface area contributed by atoms with Gasteiger partial charge in [0.15, 0.2) is 11.6 Å². The standard InChI is InChI=1S/C15H17FO5/c1-20-14-11(15(19)21-2)5-9(6-12(14)16)10(7-13(17)18)8-3-4-8/h5-6,8,10H,3-4,7H2,1-2H3,(H,17,18). The summed E-state index contributed by atoms with van der Waals surface area (Å²) in [5.41, 5.74) is 0.477. The predicted octanol–water partition coefficient (Wildman–Crippen LogP) is 2.59. The molecular weight excluding hydrogens is 279 g/mol. The van der Waals surface area contributed by atoms with E-state index in [-0.39, 0.29) is 29.6 Å². The first kappa shape index (κ1) is 15.3. The van der Waals surface area contributed by atoms with Gasteiger partial charge in [0, 0.05) is 0 Å². The average Bonchev–Trinajstić information content (AvgIpc) is 3.27. The van der Waals surface area contributed by atoms with Gasteiger partial charge in [-0.05, 0) is 42.4 Å². The monoisotopic (exact) mass is 296 g/mol. The predicted molar refractivity (Wildman–Crippen MR) is 72.0 cm³/mol. The Labute approximate surface area is 121 Å². The Morgan fingerprint density at radius 1 is 1.38 bits per heavy atom. The molecule has 0 bridgehead atoms. The maximum Gasteiger partial charge on any atom is 0.341 e. The topological polar surface area (TPSA) is 72.8 Å². The molecule has 1 atom stereocenters. The molecule has 1 unspecified atom stereocenters. The van der Waals surface area contributed by atoms with E-state index in [0.717, 1.165) is 12.8 Å². The SMILES string of the molecule is COC(=O)c1cc(C(CC(=O)O)C2CC2)cc(F)c1OC. The molecule has 1 saturated carbocycles. The number of carbonyl (C=O) groups excluding carboxylic acids is 1. The first-order valence-corrected chi connectivity index (χ1v) is 6.65. The lowest BCUT2D eigenvalue weighted by Crippen LogP contribution is -2.12. The van der Waals surface area contributed by atoms with Crippen LogP contribution in [0, 0.1) is 11.7 Å². The highest BCUT2D eigenvalue weighted by Gasteiger charge is 2.35. The molecule has 0 radical (unpaired) electrons. The molecular formula is C15H17FO5. The van der Waals surface area contributed by atoms with Crippen LogP contribution in [0.25, 0.3) is 0 Å². The van der Waals surface area contributed by atoms with Gasteiger partial charge in [-0.1, -0.05) is 0 Å². The molecule has 114 valence electrons. The molecule has 1 aromatic rings. The van der Waals surface area contributed by atoms with E-state index in [4.69, 9.17) is 9.84 Å². The quantitative estimate of drug-likeness (QED) is 0.817. The zero-order valence-corrected chi connectivity index (χ0v) is 11.9. The van der Waals surface area contributed by atoms with Crippen molar-refractivity contribution in [3.63, 3.8) is 0 Å². The minimum absolute atomic E-state index is 0.0222. The van der Waals surface area contributed by atoms with Crippen molar-refractivity contribution >= 4 is 11.9 Å². The molecule has 0 aliphatic heterocycles. The molecule has 1 N–H and O–H groups in total. The summed E-state index contributed by atoms with van der Waals surface area (Å²) in [6.45, 7) is 0. The second kappa shape index (κ2) is 6.11. The number of aliphatic carboxylic acids is 1. The van der Waals surface area contributed by atoms with E-state index < -0.39 is 17.8 Å². The fraction of sp³-hybridized carbons (Fsp3) is 0.467. The van der Waals surface area contributed by atoms with Crippen molar-refractivity contribution < 1.29 is 28.6 Å². The van der Waals surface area contributed by atoms with Crippen LogP contribution in [-0.4, -0.2) is 31.3 Å². The molecule has 0 aromatic heterocycles. The van der Waals surface area contributed by atoms with Gasteiger partial charge in [-0.25, -0.2) is 9.18 Å². The third kappa shape index (κ3) is 3.32. The van der Waals surface area contributed by atoms with E-state index in [2.05, 4.69) is 4.74 Å². The number of benzene rings is 1. The van der Waals surface area contributed by atoms with Crippen LogP contribution < -0.4 is 4.74 Å². The smallest absolute Gasteiger partial charge is 0.341 e. The Kier molecular flexibility index (Phi) is 4.45. The Bertz CT molecular complexity index is 565. The maximum atomic E-state index is 14.1. The lowest BCUT2D eigenvalue weighted by Gasteiger charge is -2.17. The number of methoxy groups -OCH3 is 2. The third-order valence-corrected chi connectivity index (χ3v) is 3.69. The first-order chi connectivity index (χ1) is 9.97. The maximum absolute atomic E-state index is 14.1. The van der Waals surface area contributed by atoms with Gasteiger partial charge in [-0.2, -0.15) is 0 Å². The fourth-order valence-corrected chi connectivity index (χ4v) is 2.54. The molecule has 6 heteroatoms. The largest absolute Gasteiger partial charge is 0.493 e. The van der Waals surface area contributed by atoms with E-state index in [1.165, 1.54) is 26.4 Å². The number of halogens is 1. The van der Waals surface area contributed by atoms with Crippen LogP contribution >= 0.6 is 0 Å². The molecule has 1 fully saturated rings. The number of hydrogen-bond acceptors (Lipinski definition) is 4. The first-order valence-electron chi connectivity index (χ1n) is 6.65. The van der Waals surface area contributed by atoms with Gasteiger partial charge in [-0.15, -0.1) is 0 Å². The summed E-state index contributed by atoms with van der Waals surface area (Å²) >= 11 is 0. The Morgan fingerprint density at radius 3 is 2.52 bits per heavy atom. The Morgan fingerprint density at radius 2 is 2.05 bits per heavy atom. The van der Waals surface area contributed by atoms with Gasteiger partial charge >= 0.3 is 11.9 Å². The lowest BCUT2D eigenvalue weighted by molar-refractivity contribution is -0.137. The normalized spacial score (nSPS) is 15.4. The van der Waals surface area contributed by atoms with Gasteiger partial charge in [0.25, 0.3) is 0 Å². The van der Waals surface area contributed by atoms with Gasteiger partial charge < -0.3 is 14.6 Å². The fourth-order valence-electron chi connectivity index (χ4n) is 2.54. The summed E-state index contributed by atoms with van der Waals surface area (Å²) in [4.78, 5) is 22.7. The van der Waals surface area contributed by atoms with Crippen LogP contribution in [0.4, 0.5) is 4.39 Å². The summed E-state index contributed by atoms with van der Waals surface area (Å²) in [6, 6.07) is 2.72. The lowest BCUT2D eigenvalue weighted by atomic mass is 9.89. The number of carbonyl (C=O) groups is 2. The van der Waals surface area contributed by atoms with Gasteiger partial charge in [0.05, 0.1) is 20.6 Å². The number of carboxylic acid groups (broad SMARTS) is 1. The highest BCUT2D eigenvalue weighted by molar-refractivity contribution is 5.92. The number of hydrogen-bond donors (Lipinski definition) is 1. The minimum atomic E-state index is -0.942. The third-order valence-electron chi connectivity index (χ3n) is 3.69. The summed E-state index contributed by atoms with van der Waals surface area (Å²) < 4.78 is 23.6. The summed E-state index contributed by atoms with van der Waals surface area (Å²) in [5.74, 6) is -2.60. The second-order valence-corrected chi connectivity index (χ2v) is 5.12. The van der Waals surface area contributed by atoms with Crippen molar-refractivity contribution in [2.45, 2.75) is 25.2 Å². The van der Waals surface area contributed by atoms with Crippen molar-refractivity contribution in [3.05, 3.63) is 29.1 Å². The van der Waals surface area contributed by atoms with E-state index in [1.807, 2.05) is 0 Å². The average molecular weight is 296 g/mol. The van der Waals surface area contributed by atoms with E-state index >= 15 is 0 Å². The molecule has 5 nitrogen and oxygen atoms in total. The molecule has 0 spiro atoms. The van der Waals surface area contributed by atoms with Gasteiger partial charge in [0.2, 0.25) is 0 Å². The second-order valence-electron chi connectivity index (χ2n) is 5.12. The minimum Gasteiger partial charge on any atom is -0.493 e. The van der Waals surface area contributed by atoms with Crippen LogP contribution in [0.2, 0.25) is 0 Å². The zero-order valence-electron chi connectivity index (χ0n) is 11.9. The number of esters is 1. The molecule has 0 amide bonds. The van der Waals surface area contributed by atoms with E-state index in [0.29, 0.717) is 5.56 Å². The highest BCUT2D eigenvalue weighted by atomic mass is 19.1. The van der Waals surface area contributed by atoms with Crippen LogP contribution in [0.15, 0.2) is 12.1 Å². The molecule has 1 aliphatic rings. The molecule has 0 saturated heterocycles. The van der Waals surface area contributed by atoms with Gasteiger partial charge in [-0.3, -0.25) is 4.79 Å². The summed E-state index contributed by atoms with van der Waals surface area (Å²) in [5, 5.41) is 9.01. The summed E-state index contributed by atoms with van der Waals surface area (Å²) in [6.07, 6.45) is 1.75. The highest BCUT2D eigenvalue weighted by Crippen LogP contribution is 2.45. The van der Waals surface area contributed by atoms with Gasteiger partial charge in [0.1, 0.15) is 5.56 Å². The number of carboxylic acids is 1. The molecule has 2 rings (SSSR count). The van der Waals surface area contributed by atoms with Crippen molar-refractivity contribution in [1.82, 2.24) is 0 Å². The van der Waals surface area contributed by atoms with Crippen LogP contribution in [-0.2, 0) is 9.53 Å². The Hall–Kier alpha value is -2.11. The number of rotatable bonds is 6. The molecule has 1 aromatic carbocycles. The van der Waals surface area contributed by atoms with Crippen molar-refractivity contribution in [2.75, 3.05) is 14.2 Å². The molecule has 0 heterocycles. The van der Waals surface area contributed by atoms with Crippen LogP contribution in [0.3, 0.4) is 0 Å². The van der Waals surface area contributed by atoms with E-state index in [1.54, 1.807) is 0 Å². The Balaban J connectivity index is 2.45. The van der Waals surface area contributed by atoms with Crippen LogP contribution in [0.5, 0.6) is 5.75 Å². The van der Waals surface area contributed by atoms with Crippen LogP contribution in [0.1, 0.15) is 41.1 Å². The van der Waals surface area contributed by atoms with Crippen molar-refractivity contribution in [3.8, 4) is 5.75 Å².